The van der Waals surface area contributed by atoms with Gasteiger partial charge in [-0.25, -0.2) is 0 Å². The van der Waals surface area contributed by atoms with E-state index in [4.69, 9.17) is 0 Å². The largest absolute Gasteiger partial charge is 0.416 e. The first-order valence-corrected chi connectivity index (χ1v) is 5.72. The molecule has 0 unspecified atom stereocenters. The third kappa shape index (κ3) is 2.14. The zero-order valence-electron chi connectivity index (χ0n) is 9.63. The second-order valence-corrected chi connectivity index (χ2v) is 4.70. The van der Waals surface area contributed by atoms with E-state index in [1.807, 2.05) is 0 Å². The van der Waals surface area contributed by atoms with Crippen molar-refractivity contribution < 1.29 is 23.1 Å². The molecule has 0 aliphatic heterocycles. The van der Waals surface area contributed by atoms with Crippen LogP contribution in [0.4, 0.5) is 13.2 Å². The van der Waals surface area contributed by atoms with Gasteiger partial charge in [-0.05, 0) is 25.0 Å². The molecule has 2 rings (SSSR count). The predicted molar refractivity (Wildman–Crippen MR) is 59.1 cm³/mol. The fourth-order valence-electron chi connectivity index (χ4n) is 2.18. The molecule has 0 atom stereocenters. The van der Waals surface area contributed by atoms with Gasteiger partial charge in [-0.2, -0.15) is 13.2 Å². The van der Waals surface area contributed by atoms with E-state index in [9.17, 15) is 23.1 Å². The van der Waals surface area contributed by atoms with Gasteiger partial charge in [0.2, 0.25) is 0 Å². The van der Waals surface area contributed by atoms with Crippen LogP contribution in [0, 0.1) is 5.41 Å². The van der Waals surface area contributed by atoms with Gasteiger partial charge in [-0.3, -0.25) is 4.79 Å². The molecule has 5 heteroatoms. The first kappa shape index (κ1) is 13.1. The van der Waals surface area contributed by atoms with Crippen LogP contribution in [0.2, 0.25) is 0 Å². The molecular formula is C13H13F3O2. The zero-order valence-corrected chi connectivity index (χ0v) is 9.63. The number of Topliss-reactive ketones (excluding diaryl/α,β-unsaturated/α-hetero) is 1. The molecule has 1 aromatic rings. The molecule has 1 saturated carbocycles. The number of carbonyl (C=O) groups is 1. The highest BCUT2D eigenvalue weighted by molar-refractivity contribution is 6.01. The first-order valence-electron chi connectivity index (χ1n) is 5.72. The summed E-state index contributed by atoms with van der Waals surface area (Å²) in [5.41, 5.74) is -1.30. The van der Waals surface area contributed by atoms with Crippen molar-refractivity contribution in [2.45, 2.75) is 25.4 Å². The Morgan fingerprint density at radius 3 is 2.11 bits per heavy atom. The Kier molecular flexibility index (Phi) is 3.19. The number of hydrogen-bond donors (Lipinski definition) is 1. The number of ketones is 1. The number of rotatable bonds is 3. The van der Waals surface area contributed by atoms with Gasteiger partial charge < -0.3 is 5.11 Å². The summed E-state index contributed by atoms with van der Waals surface area (Å²) in [7, 11) is 0. The van der Waals surface area contributed by atoms with Crippen LogP contribution in [0.1, 0.15) is 35.2 Å². The van der Waals surface area contributed by atoms with Crippen molar-refractivity contribution in [3.8, 4) is 0 Å². The molecule has 1 aromatic carbocycles. The molecule has 1 aliphatic carbocycles. The lowest BCUT2D eigenvalue weighted by molar-refractivity contribution is -0.137. The monoisotopic (exact) mass is 258 g/mol. The quantitative estimate of drug-likeness (QED) is 0.846. The highest BCUT2D eigenvalue weighted by atomic mass is 19.4. The molecule has 1 N–H and O–H groups in total. The smallest absolute Gasteiger partial charge is 0.395 e. The summed E-state index contributed by atoms with van der Waals surface area (Å²) in [5, 5.41) is 9.25. The molecule has 0 aromatic heterocycles. The summed E-state index contributed by atoms with van der Waals surface area (Å²) in [4.78, 5) is 12.1. The summed E-state index contributed by atoms with van der Waals surface area (Å²) >= 11 is 0. The summed E-state index contributed by atoms with van der Waals surface area (Å²) in [6.45, 7) is -0.243. The Morgan fingerprint density at radius 2 is 1.78 bits per heavy atom. The van der Waals surface area contributed by atoms with E-state index < -0.39 is 17.2 Å². The fourth-order valence-corrected chi connectivity index (χ4v) is 2.18. The number of aliphatic hydroxyl groups is 1. The van der Waals surface area contributed by atoms with E-state index in [0.717, 1.165) is 18.6 Å². The molecule has 0 spiro atoms. The van der Waals surface area contributed by atoms with Crippen molar-refractivity contribution in [1.29, 1.82) is 0 Å². The molecule has 0 heterocycles. The Morgan fingerprint density at radius 1 is 1.22 bits per heavy atom. The van der Waals surface area contributed by atoms with Gasteiger partial charge in [-0.15, -0.1) is 0 Å². The van der Waals surface area contributed by atoms with E-state index in [1.165, 1.54) is 12.1 Å². The average Bonchev–Trinajstić information content (AvgIpc) is 2.27. The van der Waals surface area contributed by atoms with E-state index >= 15 is 0 Å². The lowest BCUT2D eigenvalue weighted by Crippen LogP contribution is -2.41. The Balaban J connectivity index is 2.22. The topological polar surface area (TPSA) is 37.3 Å². The maximum absolute atomic E-state index is 12.4. The number of halogens is 3. The van der Waals surface area contributed by atoms with Crippen LogP contribution in [0.3, 0.4) is 0 Å². The summed E-state index contributed by atoms with van der Waals surface area (Å²) in [5.74, 6) is -0.259. The van der Waals surface area contributed by atoms with E-state index in [1.54, 1.807) is 0 Å². The summed E-state index contributed by atoms with van der Waals surface area (Å²) in [6, 6.07) is 4.16. The number of carbonyl (C=O) groups excluding carboxylic acids is 1. The predicted octanol–water partition coefficient (Wildman–Crippen LogP) is 3.05. The van der Waals surface area contributed by atoms with E-state index in [-0.39, 0.29) is 18.0 Å². The normalized spacial score (nSPS) is 18.2. The maximum Gasteiger partial charge on any atom is 0.416 e. The minimum absolute atomic E-state index is 0.233. The molecule has 0 amide bonds. The average molecular weight is 258 g/mol. The second kappa shape index (κ2) is 4.39. The minimum Gasteiger partial charge on any atom is -0.395 e. The van der Waals surface area contributed by atoms with Crippen LogP contribution in [-0.4, -0.2) is 17.5 Å². The third-order valence-corrected chi connectivity index (χ3v) is 3.57. The van der Waals surface area contributed by atoms with Crippen LogP contribution in [0.15, 0.2) is 24.3 Å². The Bertz CT molecular complexity index is 439. The molecule has 18 heavy (non-hydrogen) atoms. The molecular weight excluding hydrogens is 245 g/mol. The van der Waals surface area contributed by atoms with Crippen molar-refractivity contribution in [3.05, 3.63) is 35.4 Å². The van der Waals surface area contributed by atoms with E-state index in [2.05, 4.69) is 0 Å². The SMILES string of the molecule is O=C(c1ccc(C(F)(F)F)cc1)C1(CO)CCC1. The Hall–Kier alpha value is -1.36. The number of aliphatic hydroxyl groups excluding tert-OH is 1. The summed E-state index contributed by atoms with van der Waals surface area (Å²) in [6.07, 6.45) is -2.33. The lowest BCUT2D eigenvalue weighted by Gasteiger charge is -2.38. The van der Waals surface area contributed by atoms with Crippen molar-refractivity contribution >= 4 is 5.78 Å². The van der Waals surface area contributed by atoms with Gasteiger partial charge in [0.1, 0.15) is 0 Å². The molecule has 1 aliphatic rings. The fraction of sp³-hybridized carbons (Fsp3) is 0.462. The van der Waals surface area contributed by atoms with Crippen LogP contribution >= 0.6 is 0 Å². The van der Waals surface area contributed by atoms with Gasteiger partial charge in [0.25, 0.3) is 0 Å². The molecule has 98 valence electrons. The number of alkyl halides is 3. The third-order valence-electron chi connectivity index (χ3n) is 3.57. The van der Waals surface area contributed by atoms with Gasteiger partial charge in [0.05, 0.1) is 17.6 Å². The molecule has 0 bridgehead atoms. The van der Waals surface area contributed by atoms with Gasteiger partial charge in [0.15, 0.2) is 5.78 Å². The van der Waals surface area contributed by atoms with Crippen molar-refractivity contribution in [1.82, 2.24) is 0 Å². The van der Waals surface area contributed by atoms with E-state index in [0.29, 0.717) is 12.8 Å². The second-order valence-electron chi connectivity index (χ2n) is 4.70. The molecule has 0 saturated heterocycles. The van der Waals surface area contributed by atoms with Gasteiger partial charge in [0, 0.05) is 5.56 Å². The molecule has 2 nitrogen and oxygen atoms in total. The van der Waals surface area contributed by atoms with Crippen LogP contribution in [0.5, 0.6) is 0 Å². The van der Waals surface area contributed by atoms with Crippen LogP contribution in [0.25, 0.3) is 0 Å². The number of benzene rings is 1. The highest BCUT2D eigenvalue weighted by Crippen LogP contribution is 2.43. The highest BCUT2D eigenvalue weighted by Gasteiger charge is 2.43. The van der Waals surface area contributed by atoms with Gasteiger partial charge >= 0.3 is 6.18 Å². The molecule has 1 fully saturated rings. The molecule has 0 radical (unpaired) electrons. The summed E-state index contributed by atoms with van der Waals surface area (Å²) < 4.78 is 37.1. The zero-order chi connectivity index (χ0) is 13.4. The van der Waals surface area contributed by atoms with Crippen molar-refractivity contribution in [2.24, 2.45) is 5.41 Å². The van der Waals surface area contributed by atoms with Crippen LogP contribution in [-0.2, 0) is 6.18 Å². The first-order chi connectivity index (χ1) is 8.39. The van der Waals surface area contributed by atoms with Crippen LogP contribution < -0.4 is 0 Å². The number of hydrogen-bond acceptors (Lipinski definition) is 2. The van der Waals surface area contributed by atoms with Gasteiger partial charge in [-0.1, -0.05) is 18.6 Å². The van der Waals surface area contributed by atoms with Crippen molar-refractivity contribution in [2.75, 3.05) is 6.61 Å². The maximum atomic E-state index is 12.4. The Labute approximate surface area is 102 Å². The standard InChI is InChI=1S/C13H13F3O2/c14-13(15,16)10-4-2-9(3-5-10)11(18)12(8-17)6-1-7-12/h2-5,17H,1,6-8H2. The van der Waals surface area contributed by atoms with Crippen molar-refractivity contribution in [3.63, 3.8) is 0 Å². The lowest BCUT2D eigenvalue weighted by atomic mass is 9.65. The minimum atomic E-state index is -4.40.